The standard InChI is InChI=1S/C23H22N2O5/c1-28-19-10-5-7-16(13-19)23(27)25-18-9-6-8-17(14-18)24-22(26)15-30-21-12-4-3-11-20(21)29-2/h3-14H,15H2,1-2H3,(H,24,26)(H,25,27). The molecule has 0 bridgehead atoms. The van der Waals surface area contributed by atoms with Crippen LogP contribution < -0.4 is 24.8 Å². The molecule has 0 fully saturated rings. The normalized spacial score (nSPS) is 10.1. The summed E-state index contributed by atoms with van der Waals surface area (Å²) in [7, 11) is 3.08. The van der Waals surface area contributed by atoms with E-state index >= 15 is 0 Å². The average Bonchev–Trinajstić information content (AvgIpc) is 2.78. The third-order valence-electron chi connectivity index (χ3n) is 4.16. The maximum atomic E-state index is 12.4. The van der Waals surface area contributed by atoms with Crippen LogP contribution in [0, 0.1) is 0 Å². The quantitative estimate of drug-likeness (QED) is 0.591. The lowest BCUT2D eigenvalue weighted by molar-refractivity contribution is -0.118. The van der Waals surface area contributed by atoms with Crippen LogP contribution in [0.25, 0.3) is 0 Å². The number of methoxy groups -OCH3 is 2. The minimum Gasteiger partial charge on any atom is -0.497 e. The summed E-state index contributed by atoms with van der Waals surface area (Å²) >= 11 is 0. The van der Waals surface area contributed by atoms with Gasteiger partial charge < -0.3 is 24.8 Å². The molecule has 0 saturated heterocycles. The van der Waals surface area contributed by atoms with Crippen LogP contribution in [0.2, 0.25) is 0 Å². The van der Waals surface area contributed by atoms with Gasteiger partial charge in [-0.15, -0.1) is 0 Å². The molecule has 0 spiro atoms. The SMILES string of the molecule is COc1cccc(C(=O)Nc2cccc(NC(=O)COc3ccccc3OC)c2)c1. The number of nitrogens with one attached hydrogen (secondary N) is 2. The fraction of sp³-hybridized carbons (Fsp3) is 0.130. The van der Waals surface area contributed by atoms with Crippen molar-refractivity contribution in [2.75, 3.05) is 31.5 Å². The molecule has 2 amide bonds. The summed E-state index contributed by atoms with van der Waals surface area (Å²) in [4.78, 5) is 24.7. The molecule has 154 valence electrons. The second-order valence-electron chi connectivity index (χ2n) is 6.25. The van der Waals surface area contributed by atoms with E-state index in [2.05, 4.69) is 10.6 Å². The van der Waals surface area contributed by atoms with Crippen molar-refractivity contribution in [1.29, 1.82) is 0 Å². The third-order valence-corrected chi connectivity index (χ3v) is 4.16. The molecule has 0 aromatic heterocycles. The van der Waals surface area contributed by atoms with Crippen molar-refractivity contribution in [3.63, 3.8) is 0 Å². The summed E-state index contributed by atoms with van der Waals surface area (Å²) < 4.78 is 15.9. The molecule has 2 N–H and O–H groups in total. The minimum absolute atomic E-state index is 0.180. The maximum absolute atomic E-state index is 12.4. The number of anilines is 2. The molecule has 7 heteroatoms. The van der Waals surface area contributed by atoms with Gasteiger partial charge in [0.1, 0.15) is 5.75 Å². The topological polar surface area (TPSA) is 85.9 Å². The predicted molar refractivity (Wildman–Crippen MR) is 115 cm³/mol. The summed E-state index contributed by atoms with van der Waals surface area (Å²) in [5.74, 6) is 1.01. The zero-order valence-corrected chi connectivity index (χ0v) is 16.7. The van der Waals surface area contributed by atoms with Gasteiger partial charge in [-0.05, 0) is 48.5 Å². The molecule has 0 radical (unpaired) electrons. The summed E-state index contributed by atoms with van der Waals surface area (Å²) in [6, 6.07) is 20.8. The van der Waals surface area contributed by atoms with E-state index in [-0.39, 0.29) is 18.4 Å². The van der Waals surface area contributed by atoms with Crippen molar-refractivity contribution in [1.82, 2.24) is 0 Å². The second kappa shape index (κ2) is 9.97. The van der Waals surface area contributed by atoms with Crippen LogP contribution in [0.15, 0.2) is 72.8 Å². The highest BCUT2D eigenvalue weighted by Crippen LogP contribution is 2.25. The molecule has 3 rings (SSSR count). The van der Waals surface area contributed by atoms with Crippen molar-refractivity contribution >= 4 is 23.2 Å². The highest BCUT2D eigenvalue weighted by molar-refractivity contribution is 6.05. The number of amides is 2. The van der Waals surface area contributed by atoms with Crippen molar-refractivity contribution in [3.8, 4) is 17.2 Å². The van der Waals surface area contributed by atoms with E-state index in [1.807, 2.05) is 6.07 Å². The van der Waals surface area contributed by atoms with Crippen molar-refractivity contribution in [2.24, 2.45) is 0 Å². The molecule has 0 unspecified atom stereocenters. The van der Waals surface area contributed by atoms with Gasteiger partial charge in [-0.1, -0.05) is 24.3 Å². The lowest BCUT2D eigenvalue weighted by atomic mass is 10.2. The van der Waals surface area contributed by atoms with E-state index in [0.717, 1.165) is 0 Å². The van der Waals surface area contributed by atoms with Crippen molar-refractivity contribution < 1.29 is 23.8 Å². The maximum Gasteiger partial charge on any atom is 0.262 e. The van der Waals surface area contributed by atoms with Gasteiger partial charge in [-0.2, -0.15) is 0 Å². The van der Waals surface area contributed by atoms with E-state index in [4.69, 9.17) is 14.2 Å². The van der Waals surface area contributed by atoms with Gasteiger partial charge >= 0.3 is 0 Å². The molecule has 0 aliphatic rings. The van der Waals surface area contributed by atoms with Crippen LogP contribution in [-0.4, -0.2) is 32.6 Å². The fourth-order valence-electron chi connectivity index (χ4n) is 2.72. The van der Waals surface area contributed by atoms with Crippen LogP contribution in [0.3, 0.4) is 0 Å². The molecule has 3 aromatic carbocycles. The molecular formula is C23H22N2O5. The first-order valence-corrected chi connectivity index (χ1v) is 9.20. The number of rotatable bonds is 8. The van der Waals surface area contributed by atoms with E-state index in [9.17, 15) is 9.59 Å². The van der Waals surface area contributed by atoms with Gasteiger partial charge in [0, 0.05) is 16.9 Å². The number of ether oxygens (including phenoxy) is 3. The van der Waals surface area contributed by atoms with E-state index in [1.165, 1.54) is 7.11 Å². The molecule has 0 aliphatic heterocycles. The number of hydrogen-bond donors (Lipinski definition) is 2. The molecule has 0 heterocycles. The molecule has 0 aliphatic carbocycles. The number of carbonyl (C=O) groups excluding carboxylic acids is 2. The Labute approximate surface area is 174 Å². The molecule has 7 nitrogen and oxygen atoms in total. The number of para-hydroxylation sites is 2. The fourth-order valence-corrected chi connectivity index (χ4v) is 2.72. The van der Waals surface area contributed by atoms with Crippen LogP contribution in [0.4, 0.5) is 11.4 Å². The van der Waals surface area contributed by atoms with Crippen molar-refractivity contribution in [2.45, 2.75) is 0 Å². The lowest BCUT2D eigenvalue weighted by Gasteiger charge is -2.11. The number of carbonyl (C=O) groups is 2. The lowest BCUT2D eigenvalue weighted by Crippen LogP contribution is -2.20. The first-order valence-electron chi connectivity index (χ1n) is 9.20. The zero-order valence-electron chi connectivity index (χ0n) is 16.7. The first kappa shape index (κ1) is 20.7. The highest BCUT2D eigenvalue weighted by atomic mass is 16.5. The smallest absolute Gasteiger partial charge is 0.262 e. The second-order valence-corrected chi connectivity index (χ2v) is 6.25. The Hall–Kier alpha value is -4.00. The van der Waals surface area contributed by atoms with Gasteiger partial charge in [-0.3, -0.25) is 9.59 Å². The third kappa shape index (κ3) is 5.51. The number of benzene rings is 3. The zero-order chi connectivity index (χ0) is 21.3. The Morgan fingerprint density at radius 3 is 2.20 bits per heavy atom. The Kier molecular flexibility index (Phi) is 6.89. The predicted octanol–water partition coefficient (Wildman–Crippen LogP) is 3.97. The van der Waals surface area contributed by atoms with Crippen LogP contribution >= 0.6 is 0 Å². The average molecular weight is 406 g/mol. The monoisotopic (exact) mass is 406 g/mol. The van der Waals surface area contributed by atoms with Gasteiger partial charge in [0.15, 0.2) is 18.1 Å². The summed E-state index contributed by atoms with van der Waals surface area (Å²) in [5, 5.41) is 5.55. The summed E-state index contributed by atoms with van der Waals surface area (Å²) in [6.45, 7) is -0.180. The largest absolute Gasteiger partial charge is 0.497 e. The Morgan fingerprint density at radius 1 is 0.767 bits per heavy atom. The van der Waals surface area contributed by atoms with Gasteiger partial charge in [0.2, 0.25) is 0 Å². The molecular weight excluding hydrogens is 384 g/mol. The van der Waals surface area contributed by atoms with E-state index in [1.54, 1.807) is 73.8 Å². The minimum atomic E-state index is -0.336. The van der Waals surface area contributed by atoms with Gasteiger partial charge in [-0.25, -0.2) is 0 Å². The first-order chi connectivity index (χ1) is 14.6. The van der Waals surface area contributed by atoms with Gasteiger partial charge in [0.05, 0.1) is 14.2 Å². The van der Waals surface area contributed by atoms with Crippen LogP contribution in [-0.2, 0) is 4.79 Å². The molecule has 3 aromatic rings. The highest BCUT2D eigenvalue weighted by Gasteiger charge is 2.10. The molecule has 0 saturated carbocycles. The molecule has 30 heavy (non-hydrogen) atoms. The number of hydrogen-bond acceptors (Lipinski definition) is 5. The van der Waals surface area contributed by atoms with E-state index in [0.29, 0.717) is 34.2 Å². The summed E-state index contributed by atoms with van der Waals surface area (Å²) in [5.41, 5.74) is 1.55. The van der Waals surface area contributed by atoms with Crippen LogP contribution in [0.1, 0.15) is 10.4 Å². The molecule has 0 atom stereocenters. The van der Waals surface area contributed by atoms with E-state index < -0.39 is 0 Å². The Bertz CT molecular complexity index is 1040. The Morgan fingerprint density at radius 2 is 1.47 bits per heavy atom. The summed E-state index contributed by atoms with van der Waals surface area (Å²) in [6.07, 6.45) is 0. The van der Waals surface area contributed by atoms with Gasteiger partial charge in [0.25, 0.3) is 11.8 Å². The Balaban J connectivity index is 1.59. The van der Waals surface area contributed by atoms with Crippen molar-refractivity contribution in [3.05, 3.63) is 78.4 Å². The van der Waals surface area contributed by atoms with Crippen LogP contribution in [0.5, 0.6) is 17.2 Å².